The summed E-state index contributed by atoms with van der Waals surface area (Å²) in [4.78, 5) is 25.7. The number of likely N-dealkylation sites (N-methyl/N-ethyl adjacent to an activating group) is 1. The summed E-state index contributed by atoms with van der Waals surface area (Å²) in [5.74, 6) is -0.293. The Balaban J connectivity index is 1.62. The number of carbonyl (C=O) groups is 2. The smallest absolute Gasteiger partial charge is 0.226 e. The van der Waals surface area contributed by atoms with Gasteiger partial charge in [0.25, 0.3) is 0 Å². The molecule has 0 aliphatic carbocycles. The fraction of sp³-hybridized carbons (Fsp3) is 0.692. The van der Waals surface area contributed by atoms with E-state index < -0.39 is 0 Å². The van der Waals surface area contributed by atoms with Crippen molar-refractivity contribution in [1.29, 1.82) is 0 Å². The van der Waals surface area contributed by atoms with Gasteiger partial charge in [-0.25, -0.2) is 0 Å². The minimum absolute atomic E-state index is 0.0820. The van der Waals surface area contributed by atoms with E-state index in [4.69, 9.17) is 0 Å². The van der Waals surface area contributed by atoms with Gasteiger partial charge in [0, 0.05) is 25.4 Å². The summed E-state index contributed by atoms with van der Waals surface area (Å²) in [5, 5.41) is 13.3. The van der Waals surface area contributed by atoms with Crippen LogP contribution < -0.4 is 10.6 Å². The molecule has 1 saturated heterocycles. The number of amides is 2. The Morgan fingerprint density at radius 3 is 2.90 bits per heavy atom. The fourth-order valence-corrected chi connectivity index (χ4v) is 2.82. The molecule has 1 aromatic heterocycles. The van der Waals surface area contributed by atoms with Gasteiger partial charge in [0.1, 0.15) is 5.51 Å². The van der Waals surface area contributed by atoms with Crippen molar-refractivity contribution >= 4 is 28.3 Å². The number of nitrogens with one attached hydrogen (secondary N) is 2. The van der Waals surface area contributed by atoms with E-state index in [1.54, 1.807) is 5.51 Å². The topological polar surface area (TPSA) is 87.2 Å². The van der Waals surface area contributed by atoms with E-state index in [1.807, 2.05) is 0 Å². The van der Waals surface area contributed by atoms with Crippen LogP contribution in [0.5, 0.6) is 0 Å². The van der Waals surface area contributed by atoms with E-state index in [0.29, 0.717) is 17.7 Å². The SMILES string of the molecule is CN1CCCCC1CNC(=O)CCC(=O)Nc1nncs1. The van der Waals surface area contributed by atoms with Crippen LogP contribution in [-0.4, -0.2) is 53.1 Å². The maximum Gasteiger partial charge on any atom is 0.226 e. The average molecular weight is 311 g/mol. The Morgan fingerprint density at radius 2 is 2.19 bits per heavy atom. The molecule has 1 aromatic rings. The molecule has 2 N–H and O–H groups in total. The van der Waals surface area contributed by atoms with Crippen LogP contribution in [-0.2, 0) is 9.59 Å². The first kappa shape index (κ1) is 15.8. The van der Waals surface area contributed by atoms with Crippen molar-refractivity contribution in [2.75, 3.05) is 25.5 Å². The van der Waals surface area contributed by atoms with Gasteiger partial charge in [-0.05, 0) is 26.4 Å². The lowest BCUT2D eigenvalue weighted by Gasteiger charge is -2.32. The first-order valence-corrected chi connectivity index (χ1v) is 8.06. The maximum atomic E-state index is 11.8. The van der Waals surface area contributed by atoms with E-state index in [2.05, 4.69) is 32.8 Å². The van der Waals surface area contributed by atoms with E-state index in [0.717, 1.165) is 13.0 Å². The van der Waals surface area contributed by atoms with Crippen LogP contribution in [0.3, 0.4) is 0 Å². The van der Waals surface area contributed by atoms with Crippen LogP contribution in [0.2, 0.25) is 0 Å². The number of aromatic nitrogens is 2. The van der Waals surface area contributed by atoms with Crippen LogP contribution >= 0.6 is 11.3 Å². The van der Waals surface area contributed by atoms with Gasteiger partial charge in [0.15, 0.2) is 0 Å². The van der Waals surface area contributed by atoms with Crippen molar-refractivity contribution in [2.24, 2.45) is 0 Å². The standard InChI is InChI=1S/C13H21N5O2S/c1-18-7-3-2-4-10(18)8-14-11(19)5-6-12(20)16-13-17-15-9-21-13/h9-10H,2-8H2,1H3,(H,14,19)(H,16,17,20). The number of rotatable bonds is 6. The van der Waals surface area contributed by atoms with Crippen LogP contribution in [0, 0.1) is 0 Å². The number of nitrogens with zero attached hydrogens (tertiary/aromatic N) is 3. The van der Waals surface area contributed by atoms with Crippen molar-refractivity contribution in [1.82, 2.24) is 20.4 Å². The molecule has 0 bridgehead atoms. The van der Waals surface area contributed by atoms with Gasteiger partial charge < -0.3 is 15.5 Å². The van der Waals surface area contributed by atoms with E-state index in [9.17, 15) is 9.59 Å². The predicted molar refractivity (Wildman–Crippen MR) is 81.1 cm³/mol. The molecular weight excluding hydrogens is 290 g/mol. The monoisotopic (exact) mass is 311 g/mol. The van der Waals surface area contributed by atoms with E-state index >= 15 is 0 Å². The second-order valence-electron chi connectivity index (χ2n) is 5.23. The van der Waals surface area contributed by atoms with Crippen molar-refractivity contribution in [3.63, 3.8) is 0 Å². The minimum Gasteiger partial charge on any atom is -0.355 e. The molecule has 7 nitrogen and oxygen atoms in total. The molecule has 2 rings (SSSR count). The molecule has 1 atom stereocenters. The van der Waals surface area contributed by atoms with Crippen molar-refractivity contribution in [2.45, 2.75) is 38.1 Å². The lowest BCUT2D eigenvalue weighted by molar-refractivity contribution is -0.124. The van der Waals surface area contributed by atoms with Gasteiger partial charge in [-0.1, -0.05) is 17.8 Å². The van der Waals surface area contributed by atoms with E-state index in [-0.39, 0.29) is 24.7 Å². The highest BCUT2D eigenvalue weighted by molar-refractivity contribution is 7.13. The normalized spacial score (nSPS) is 19.2. The predicted octanol–water partition coefficient (Wildman–Crippen LogP) is 0.857. The molecule has 8 heteroatoms. The molecule has 1 unspecified atom stereocenters. The summed E-state index contributed by atoms with van der Waals surface area (Å²) in [6, 6.07) is 0.415. The highest BCUT2D eigenvalue weighted by atomic mass is 32.1. The van der Waals surface area contributed by atoms with Crippen molar-refractivity contribution < 1.29 is 9.59 Å². The fourth-order valence-electron chi connectivity index (χ4n) is 2.36. The van der Waals surface area contributed by atoms with Crippen LogP contribution in [0.1, 0.15) is 32.1 Å². The van der Waals surface area contributed by atoms with Crippen molar-refractivity contribution in [3.8, 4) is 0 Å². The highest BCUT2D eigenvalue weighted by Gasteiger charge is 2.19. The lowest BCUT2D eigenvalue weighted by Crippen LogP contribution is -2.44. The molecular formula is C13H21N5O2S. The summed E-state index contributed by atoms with van der Waals surface area (Å²) in [5.41, 5.74) is 1.54. The first-order chi connectivity index (χ1) is 10.1. The maximum absolute atomic E-state index is 11.8. The highest BCUT2D eigenvalue weighted by Crippen LogP contribution is 2.14. The Bertz CT molecular complexity index is 465. The summed E-state index contributed by atoms with van der Waals surface area (Å²) in [6.07, 6.45) is 3.92. The number of carbonyl (C=O) groups excluding carboxylic acids is 2. The van der Waals surface area contributed by atoms with Crippen molar-refractivity contribution in [3.05, 3.63) is 5.51 Å². The molecule has 0 spiro atoms. The summed E-state index contributed by atoms with van der Waals surface area (Å²) in [7, 11) is 2.09. The first-order valence-electron chi connectivity index (χ1n) is 7.18. The van der Waals surface area contributed by atoms with Gasteiger partial charge >= 0.3 is 0 Å². The van der Waals surface area contributed by atoms with Gasteiger partial charge in [-0.3, -0.25) is 9.59 Å². The lowest BCUT2D eigenvalue weighted by atomic mass is 10.0. The third-order valence-corrected chi connectivity index (χ3v) is 4.25. The molecule has 1 aliphatic rings. The molecule has 2 heterocycles. The van der Waals surface area contributed by atoms with Gasteiger partial charge in [-0.2, -0.15) is 0 Å². The molecule has 21 heavy (non-hydrogen) atoms. The average Bonchev–Trinajstić information content (AvgIpc) is 2.97. The minimum atomic E-state index is -0.211. The van der Waals surface area contributed by atoms with Crippen LogP contribution in [0.4, 0.5) is 5.13 Å². The number of likely N-dealkylation sites (tertiary alicyclic amines) is 1. The Labute approximate surface area is 128 Å². The third-order valence-electron chi connectivity index (χ3n) is 3.64. The number of anilines is 1. The number of piperidine rings is 1. The molecule has 0 aromatic carbocycles. The molecule has 0 radical (unpaired) electrons. The second-order valence-corrected chi connectivity index (χ2v) is 6.06. The molecule has 1 fully saturated rings. The Hall–Kier alpha value is -1.54. The summed E-state index contributed by atoms with van der Waals surface area (Å²) >= 11 is 1.25. The van der Waals surface area contributed by atoms with Gasteiger partial charge in [0.05, 0.1) is 0 Å². The largest absolute Gasteiger partial charge is 0.355 e. The van der Waals surface area contributed by atoms with Crippen LogP contribution in [0.15, 0.2) is 5.51 Å². The summed E-state index contributed by atoms with van der Waals surface area (Å²) < 4.78 is 0. The third kappa shape index (κ3) is 5.39. The Morgan fingerprint density at radius 1 is 1.38 bits per heavy atom. The zero-order chi connectivity index (χ0) is 15.1. The number of hydrogen-bond donors (Lipinski definition) is 2. The van der Waals surface area contributed by atoms with Gasteiger partial charge in [0.2, 0.25) is 16.9 Å². The molecule has 0 saturated carbocycles. The second kappa shape index (κ2) is 8.04. The molecule has 2 amide bonds. The quantitative estimate of drug-likeness (QED) is 0.813. The summed E-state index contributed by atoms with van der Waals surface area (Å²) in [6.45, 7) is 1.75. The molecule has 116 valence electrons. The van der Waals surface area contributed by atoms with E-state index in [1.165, 1.54) is 24.2 Å². The van der Waals surface area contributed by atoms with Gasteiger partial charge in [-0.15, -0.1) is 10.2 Å². The molecule has 1 aliphatic heterocycles. The Kier molecular flexibility index (Phi) is 6.06. The number of hydrogen-bond acceptors (Lipinski definition) is 6. The van der Waals surface area contributed by atoms with Crippen LogP contribution in [0.25, 0.3) is 0 Å². The zero-order valence-electron chi connectivity index (χ0n) is 12.2. The zero-order valence-corrected chi connectivity index (χ0v) is 13.0.